The molecule has 1 aliphatic heterocycles. The third kappa shape index (κ3) is 2.46. The van der Waals surface area contributed by atoms with Gasteiger partial charge in [0.1, 0.15) is 6.29 Å². The Hall–Kier alpha value is -2.46. The van der Waals surface area contributed by atoms with Crippen LogP contribution in [0.1, 0.15) is 31.8 Å². The maximum absolute atomic E-state index is 12.2. The van der Waals surface area contributed by atoms with E-state index >= 15 is 0 Å². The minimum Gasteiger partial charge on any atom is -0.372 e. The molecule has 20 heavy (non-hydrogen) atoms. The quantitative estimate of drug-likeness (QED) is 0.870. The highest BCUT2D eigenvalue weighted by molar-refractivity contribution is 6.04. The molecule has 1 aliphatic rings. The Morgan fingerprint density at radius 2 is 1.95 bits per heavy atom. The molecule has 0 radical (unpaired) electrons. The van der Waals surface area contributed by atoms with Crippen molar-refractivity contribution in [1.82, 2.24) is 0 Å². The zero-order valence-electron chi connectivity index (χ0n) is 10.8. The summed E-state index contributed by atoms with van der Waals surface area (Å²) in [6.07, 6.45) is 0.752. The van der Waals surface area contributed by atoms with E-state index in [9.17, 15) is 9.59 Å². The van der Waals surface area contributed by atoms with Crippen molar-refractivity contribution < 1.29 is 14.3 Å². The van der Waals surface area contributed by atoms with Crippen LogP contribution in [0.2, 0.25) is 0 Å². The molecule has 0 bridgehead atoms. The smallest absolute Gasteiger partial charge is 0.255 e. The van der Waals surface area contributed by atoms with Gasteiger partial charge in [-0.1, -0.05) is 18.2 Å². The normalized spacial score (nSPS) is 12.8. The third-order valence-electron chi connectivity index (χ3n) is 3.26. The number of nitrogens with one attached hydrogen (secondary N) is 1. The fourth-order valence-corrected chi connectivity index (χ4v) is 2.21. The number of hydrogen-bond donors (Lipinski definition) is 1. The van der Waals surface area contributed by atoms with E-state index < -0.39 is 0 Å². The van der Waals surface area contributed by atoms with E-state index in [0.29, 0.717) is 30.0 Å². The first-order chi connectivity index (χ1) is 9.76. The molecule has 100 valence electrons. The van der Waals surface area contributed by atoms with E-state index in [4.69, 9.17) is 4.74 Å². The predicted molar refractivity (Wildman–Crippen MR) is 74.7 cm³/mol. The Kier molecular flexibility index (Phi) is 3.31. The lowest BCUT2D eigenvalue weighted by atomic mass is 10.1. The lowest BCUT2D eigenvalue weighted by Crippen LogP contribution is -2.12. The molecule has 0 aromatic heterocycles. The summed E-state index contributed by atoms with van der Waals surface area (Å²) in [6.45, 7) is 1.16. The zero-order valence-corrected chi connectivity index (χ0v) is 10.8. The zero-order chi connectivity index (χ0) is 13.9. The number of carbonyl (C=O) groups excluding carboxylic acids is 2. The summed E-state index contributed by atoms with van der Waals surface area (Å²) in [5.41, 5.74) is 3.91. The van der Waals surface area contributed by atoms with Crippen molar-refractivity contribution in [2.24, 2.45) is 0 Å². The average molecular weight is 267 g/mol. The molecule has 0 spiro atoms. The number of amides is 1. The van der Waals surface area contributed by atoms with Crippen molar-refractivity contribution in [2.45, 2.75) is 13.2 Å². The molecule has 4 heteroatoms. The molecular formula is C16H13NO3. The SMILES string of the molecule is O=Cc1cccc(NC(=O)c2ccc3c(c2)COC3)c1. The van der Waals surface area contributed by atoms with Crippen molar-refractivity contribution in [3.63, 3.8) is 0 Å². The Morgan fingerprint density at radius 1 is 1.10 bits per heavy atom. The first kappa shape index (κ1) is 12.6. The number of fused-ring (bicyclic) bond motifs is 1. The van der Waals surface area contributed by atoms with Crippen molar-refractivity contribution >= 4 is 17.9 Å². The highest BCUT2D eigenvalue weighted by Gasteiger charge is 2.14. The minimum absolute atomic E-state index is 0.192. The van der Waals surface area contributed by atoms with Crippen molar-refractivity contribution in [3.8, 4) is 0 Å². The summed E-state index contributed by atoms with van der Waals surface area (Å²) < 4.78 is 5.33. The fraction of sp³-hybridized carbons (Fsp3) is 0.125. The van der Waals surface area contributed by atoms with Gasteiger partial charge in [-0.2, -0.15) is 0 Å². The number of ether oxygens (including phenoxy) is 1. The molecule has 2 aromatic carbocycles. The van der Waals surface area contributed by atoms with Crippen molar-refractivity contribution in [3.05, 3.63) is 64.7 Å². The van der Waals surface area contributed by atoms with Crippen molar-refractivity contribution in [1.29, 1.82) is 0 Å². The number of rotatable bonds is 3. The van der Waals surface area contributed by atoms with Gasteiger partial charge < -0.3 is 10.1 Å². The number of carbonyl (C=O) groups is 2. The van der Waals surface area contributed by atoms with Gasteiger partial charge in [-0.3, -0.25) is 9.59 Å². The Morgan fingerprint density at radius 3 is 2.80 bits per heavy atom. The minimum atomic E-state index is -0.192. The predicted octanol–water partition coefficient (Wildman–Crippen LogP) is 2.78. The molecule has 2 aromatic rings. The van der Waals surface area contributed by atoms with Gasteiger partial charge in [0.15, 0.2) is 0 Å². The van der Waals surface area contributed by atoms with Crippen LogP contribution in [0.3, 0.4) is 0 Å². The molecular weight excluding hydrogens is 254 g/mol. The third-order valence-corrected chi connectivity index (χ3v) is 3.26. The van der Waals surface area contributed by atoms with E-state index in [1.165, 1.54) is 0 Å². The summed E-state index contributed by atoms with van der Waals surface area (Å²) in [7, 11) is 0. The number of anilines is 1. The van der Waals surface area contributed by atoms with Gasteiger partial charge in [0.25, 0.3) is 5.91 Å². The molecule has 0 aliphatic carbocycles. The van der Waals surface area contributed by atoms with Crippen LogP contribution in [0.5, 0.6) is 0 Å². The van der Waals surface area contributed by atoms with Crippen LogP contribution >= 0.6 is 0 Å². The fourth-order valence-electron chi connectivity index (χ4n) is 2.21. The highest BCUT2D eigenvalue weighted by atomic mass is 16.5. The average Bonchev–Trinajstić information content (AvgIpc) is 2.94. The number of hydrogen-bond acceptors (Lipinski definition) is 3. The van der Waals surface area contributed by atoms with E-state index in [1.54, 1.807) is 30.3 Å². The first-order valence-corrected chi connectivity index (χ1v) is 6.32. The topological polar surface area (TPSA) is 55.4 Å². The van der Waals surface area contributed by atoms with Gasteiger partial charge in [0, 0.05) is 16.8 Å². The van der Waals surface area contributed by atoms with E-state index in [2.05, 4.69) is 5.32 Å². The van der Waals surface area contributed by atoms with Crippen LogP contribution in [-0.4, -0.2) is 12.2 Å². The van der Waals surface area contributed by atoms with Gasteiger partial charge in [-0.05, 0) is 35.4 Å². The second kappa shape index (κ2) is 5.27. The highest BCUT2D eigenvalue weighted by Crippen LogP contribution is 2.21. The molecule has 0 atom stereocenters. The molecule has 1 amide bonds. The molecule has 0 fully saturated rings. The van der Waals surface area contributed by atoms with Gasteiger partial charge in [0.2, 0.25) is 0 Å². The molecule has 0 saturated carbocycles. The lowest BCUT2D eigenvalue weighted by Gasteiger charge is -2.07. The van der Waals surface area contributed by atoms with Crippen molar-refractivity contribution in [2.75, 3.05) is 5.32 Å². The Bertz CT molecular complexity index is 679. The maximum Gasteiger partial charge on any atom is 0.255 e. The van der Waals surface area contributed by atoms with Crippen LogP contribution in [0.15, 0.2) is 42.5 Å². The number of benzene rings is 2. The van der Waals surface area contributed by atoms with E-state index in [1.807, 2.05) is 12.1 Å². The Labute approximate surface area is 116 Å². The molecule has 0 unspecified atom stereocenters. The van der Waals surface area contributed by atoms with Crippen LogP contribution in [-0.2, 0) is 18.0 Å². The van der Waals surface area contributed by atoms with Gasteiger partial charge in [0.05, 0.1) is 13.2 Å². The standard InChI is InChI=1S/C16H13NO3/c18-8-11-2-1-3-15(6-11)17-16(19)12-4-5-13-9-20-10-14(13)7-12/h1-8H,9-10H2,(H,17,19). The second-order valence-electron chi connectivity index (χ2n) is 4.67. The van der Waals surface area contributed by atoms with Gasteiger partial charge >= 0.3 is 0 Å². The second-order valence-corrected chi connectivity index (χ2v) is 4.67. The van der Waals surface area contributed by atoms with Crippen LogP contribution in [0.25, 0.3) is 0 Å². The Balaban J connectivity index is 1.80. The number of aldehydes is 1. The van der Waals surface area contributed by atoms with Gasteiger partial charge in [-0.25, -0.2) is 0 Å². The molecule has 3 rings (SSSR count). The summed E-state index contributed by atoms with van der Waals surface area (Å²) in [5, 5.41) is 2.79. The van der Waals surface area contributed by atoms with Crippen LogP contribution < -0.4 is 5.32 Å². The summed E-state index contributed by atoms with van der Waals surface area (Å²) in [6, 6.07) is 12.4. The molecule has 0 saturated heterocycles. The van der Waals surface area contributed by atoms with E-state index in [0.717, 1.165) is 17.4 Å². The first-order valence-electron chi connectivity index (χ1n) is 6.32. The van der Waals surface area contributed by atoms with E-state index in [-0.39, 0.29) is 5.91 Å². The molecule has 1 N–H and O–H groups in total. The van der Waals surface area contributed by atoms with Crippen LogP contribution in [0.4, 0.5) is 5.69 Å². The molecule has 1 heterocycles. The monoisotopic (exact) mass is 267 g/mol. The van der Waals surface area contributed by atoms with Gasteiger partial charge in [-0.15, -0.1) is 0 Å². The van der Waals surface area contributed by atoms with Crippen LogP contribution in [0, 0.1) is 0 Å². The maximum atomic E-state index is 12.2. The lowest BCUT2D eigenvalue weighted by molar-refractivity contribution is 0.102. The summed E-state index contributed by atoms with van der Waals surface area (Å²) >= 11 is 0. The largest absolute Gasteiger partial charge is 0.372 e. The molecule has 4 nitrogen and oxygen atoms in total. The summed E-state index contributed by atoms with van der Waals surface area (Å²) in [4.78, 5) is 22.9. The summed E-state index contributed by atoms with van der Waals surface area (Å²) in [5.74, 6) is -0.192.